The highest BCUT2D eigenvalue weighted by molar-refractivity contribution is 6.42. The molecule has 0 aliphatic carbocycles. The molecule has 0 unspecified atom stereocenters. The van der Waals surface area contributed by atoms with Crippen LogP contribution >= 0.6 is 23.2 Å². The molecule has 0 spiro atoms. The van der Waals surface area contributed by atoms with E-state index in [1.165, 1.54) is 7.11 Å². The molecule has 0 aromatic heterocycles. The molecule has 1 aromatic rings. The Labute approximate surface area is 156 Å². The fraction of sp³-hybridized carbons (Fsp3) is 0.471. The summed E-state index contributed by atoms with van der Waals surface area (Å²) in [6.07, 6.45) is 0.632. The maximum Gasteiger partial charge on any atom is 0.328 e. The lowest BCUT2D eigenvalue weighted by atomic mass is 9.99. The molecule has 138 valence electrons. The Morgan fingerprint density at radius 1 is 1.20 bits per heavy atom. The largest absolute Gasteiger partial charge is 0.467 e. The van der Waals surface area contributed by atoms with Crippen LogP contribution in [0, 0.1) is 5.92 Å². The smallest absolute Gasteiger partial charge is 0.328 e. The van der Waals surface area contributed by atoms with Gasteiger partial charge in [0.05, 0.1) is 23.6 Å². The van der Waals surface area contributed by atoms with Gasteiger partial charge in [-0.1, -0.05) is 49.5 Å². The van der Waals surface area contributed by atoms with Gasteiger partial charge in [-0.05, 0) is 23.6 Å². The van der Waals surface area contributed by atoms with Crippen LogP contribution in [0.15, 0.2) is 18.2 Å². The van der Waals surface area contributed by atoms with E-state index in [4.69, 9.17) is 27.9 Å². The Bertz CT molecular complexity index is 635. The zero-order valence-electron chi connectivity index (χ0n) is 14.3. The second-order valence-electron chi connectivity index (χ2n) is 5.54. The highest BCUT2D eigenvalue weighted by atomic mass is 35.5. The van der Waals surface area contributed by atoms with Crippen LogP contribution in [0.4, 0.5) is 0 Å². The molecule has 0 heterocycles. The van der Waals surface area contributed by atoms with Crippen LogP contribution in [0.5, 0.6) is 0 Å². The third kappa shape index (κ3) is 6.92. The molecule has 0 bridgehead atoms. The van der Waals surface area contributed by atoms with Crippen LogP contribution in [0.25, 0.3) is 0 Å². The van der Waals surface area contributed by atoms with E-state index in [1.807, 2.05) is 13.8 Å². The summed E-state index contributed by atoms with van der Waals surface area (Å²) in [5, 5.41) is 3.24. The van der Waals surface area contributed by atoms with Gasteiger partial charge in [0.2, 0.25) is 0 Å². The topological polar surface area (TPSA) is 81.7 Å². The van der Waals surface area contributed by atoms with Gasteiger partial charge >= 0.3 is 11.9 Å². The van der Waals surface area contributed by atoms with E-state index >= 15 is 0 Å². The average Bonchev–Trinajstić information content (AvgIpc) is 2.59. The molecule has 2 atom stereocenters. The minimum atomic E-state index is -0.781. The van der Waals surface area contributed by atoms with Gasteiger partial charge in [-0.3, -0.25) is 9.59 Å². The number of carbonyl (C=O) groups is 3. The number of methoxy groups -OCH3 is 1. The molecule has 0 saturated heterocycles. The lowest BCUT2D eigenvalue weighted by Gasteiger charge is -2.21. The zero-order chi connectivity index (χ0) is 19.0. The van der Waals surface area contributed by atoms with Crippen molar-refractivity contribution in [3.63, 3.8) is 0 Å². The molecule has 0 radical (unpaired) electrons. The van der Waals surface area contributed by atoms with Crippen molar-refractivity contribution in [2.45, 2.75) is 32.7 Å². The number of hydrogen-bond acceptors (Lipinski definition) is 5. The number of benzene rings is 1. The van der Waals surface area contributed by atoms with Gasteiger partial charge < -0.3 is 14.8 Å². The van der Waals surface area contributed by atoms with Crippen LogP contribution in [0.3, 0.4) is 0 Å². The van der Waals surface area contributed by atoms with Crippen molar-refractivity contribution in [1.82, 2.24) is 5.32 Å². The first kappa shape index (κ1) is 21.3. The first-order chi connectivity index (χ1) is 11.8. The molecule has 0 aliphatic rings. The number of amides is 1. The van der Waals surface area contributed by atoms with E-state index in [2.05, 4.69) is 10.1 Å². The first-order valence-corrected chi connectivity index (χ1v) is 8.50. The fourth-order valence-corrected chi connectivity index (χ4v) is 2.35. The summed E-state index contributed by atoms with van der Waals surface area (Å²) in [7, 11) is 1.25. The van der Waals surface area contributed by atoms with E-state index in [0.717, 1.165) is 0 Å². The van der Waals surface area contributed by atoms with Crippen LogP contribution in [0.2, 0.25) is 10.0 Å². The van der Waals surface area contributed by atoms with Gasteiger partial charge in [0.25, 0.3) is 5.91 Å². The molecular weight excluding hydrogens is 369 g/mol. The van der Waals surface area contributed by atoms with Crippen molar-refractivity contribution >= 4 is 41.0 Å². The van der Waals surface area contributed by atoms with Crippen molar-refractivity contribution in [1.29, 1.82) is 0 Å². The number of hydrogen-bond donors (Lipinski definition) is 1. The van der Waals surface area contributed by atoms with E-state index < -0.39 is 30.5 Å². The van der Waals surface area contributed by atoms with Crippen molar-refractivity contribution in [3.05, 3.63) is 33.8 Å². The molecule has 1 aromatic carbocycles. The molecule has 1 amide bonds. The SMILES string of the molecule is CC[C@@H](C)[C@H](NC(=O)COC(=O)Cc1ccc(Cl)c(Cl)c1)C(=O)OC. The summed E-state index contributed by atoms with van der Waals surface area (Å²) in [4.78, 5) is 35.4. The molecular formula is C17H21Cl2NO5. The molecule has 0 fully saturated rings. The van der Waals surface area contributed by atoms with Gasteiger partial charge in [-0.2, -0.15) is 0 Å². The van der Waals surface area contributed by atoms with Crippen LogP contribution in [0.1, 0.15) is 25.8 Å². The van der Waals surface area contributed by atoms with Gasteiger partial charge in [0.15, 0.2) is 6.61 Å². The predicted molar refractivity (Wildman–Crippen MR) is 94.5 cm³/mol. The number of rotatable bonds is 8. The van der Waals surface area contributed by atoms with Gasteiger partial charge in [-0.15, -0.1) is 0 Å². The Morgan fingerprint density at radius 3 is 2.44 bits per heavy atom. The monoisotopic (exact) mass is 389 g/mol. The van der Waals surface area contributed by atoms with Crippen LogP contribution in [-0.4, -0.2) is 37.6 Å². The molecule has 0 aliphatic heterocycles. The van der Waals surface area contributed by atoms with Gasteiger partial charge in [0.1, 0.15) is 6.04 Å². The summed E-state index contributed by atoms with van der Waals surface area (Å²) < 4.78 is 9.60. The number of ether oxygens (including phenoxy) is 2. The number of esters is 2. The quantitative estimate of drug-likeness (QED) is 0.691. The first-order valence-electron chi connectivity index (χ1n) is 7.75. The van der Waals surface area contributed by atoms with Crippen LogP contribution < -0.4 is 5.32 Å². The predicted octanol–water partition coefficient (Wildman–Crippen LogP) is 2.78. The molecule has 0 saturated carbocycles. The Morgan fingerprint density at radius 2 is 1.88 bits per heavy atom. The number of nitrogens with one attached hydrogen (secondary N) is 1. The zero-order valence-corrected chi connectivity index (χ0v) is 15.8. The lowest BCUT2D eigenvalue weighted by Crippen LogP contribution is -2.47. The lowest BCUT2D eigenvalue weighted by molar-refractivity contribution is -0.150. The third-order valence-electron chi connectivity index (χ3n) is 3.68. The van der Waals surface area contributed by atoms with E-state index in [-0.39, 0.29) is 12.3 Å². The van der Waals surface area contributed by atoms with Gasteiger partial charge in [0, 0.05) is 0 Å². The van der Waals surface area contributed by atoms with Crippen molar-refractivity contribution in [3.8, 4) is 0 Å². The minimum absolute atomic E-state index is 0.0457. The maximum atomic E-state index is 11.9. The van der Waals surface area contributed by atoms with Crippen molar-refractivity contribution < 1.29 is 23.9 Å². The normalized spacial score (nSPS) is 12.8. The summed E-state index contributed by atoms with van der Waals surface area (Å²) >= 11 is 11.7. The highest BCUT2D eigenvalue weighted by Gasteiger charge is 2.26. The Balaban J connectivity index is 2.52. The number of halogens is 2. The summed E-state index contributed by atoms with van der Waals surface area (Å²) in [6.45, 7) is 3.23. The minimum Gasteiger partial charge on any atom is -0.467 e. The maximum absolute atomic E-state index is 11.9. The average molecular weight is 390 g/mol. The fourth-order valence-electron chi connectivity index (χ4n) is 2.02. The number of carbonyl (C=O) groups excluding carboxylic acids is 3. The second kappa shape index (κ2) is 10.3. The summed E-state index contributed by atoms with van der Waals surface area (Å²) in [5.74, 6) is -1.81. The molecule has 8 heteroatoms. The third-order valence-corrected chi connectivity index (χ3v) is 4.42. The van der Waals surface area contributed by atoms with Crippen molar-refractivity contribution in [2.24, 2.45) is 5.92 Å². The summed E-state index contributed by atoms with van der Waals surface area (Å²) in [5.41, 5.74) is 0.617. The standard InChI is InChI=1S/C17H21Cl2NO5/c1-4-10(2)16(17(23)24-3)20-14(21)9-25-15(22)8-11-5-6-12(18)13(19)7-11/h5-7,10,16H,4,8-9H2,1-3H3,(H,20,21)/t10-,16+/m1/s1. The van der Waals surface area contributed by atoms with Crippen LogP contribution in [-0.2, 0) is 30.3 Å². The Kier molecular flexibility index (Phi) is 8.72. The molecule has 25 heavy (non-hydrogen) atoms. The Hall–Kier alpha value is -1.79. The van der Waals surface area contributed by atoms with Crippen molar-refractivity contribution in [2.75, 3.05) is 13.7 Å². The highest BCUT2D eigenvalue weighted by Crippen LogP contribution is 2.22. The van der Waals surface area contributed by atoms with Gasteiger partial charge in [-0.25, -0.2) is 4.79 Å². The van der Waals surface area contributed by atoms with E-state index in [1.54, 1.807) is 18.2 Å². The summed E-state index contributed by atoms with van der Waals surface area (Å²) in [6, 6.07) is 4.00. The van der Waals surface area contributed by atoms with E-state index in [0.29, 0.717) is 22.0 Å². The molecule has 6 nitrogen and oxygen atoms in total. The molecule has 1 rings (SSSR count). The molecule has 1 N–H and O–H groups in total. The second-order valence-corrected chi connectivity index (χ2v) is 6.35. The van der Waals surface area contributed by atoms with E-state index in [9.17, 15) is 14.4 Å².